The number of hydrogen-bond acceptors (Lipinski definition) is 0. The minimum atomic E-state index is 1.42. The molecular weight excluding hydrogens is 72.1 g/mol. The quantitative estimate of drug-likeness (QED) is 0.390. The van der Waals surface area contributed by atoms with Crippen molar-refractivity contribution in [3.05, 3.63) is 11.1 Å². The SMILES string of the molecule is C1CC2=C(C1)C2. The van der Waals surface area contributed by atoms with Crippen LogP contribution in [0.5, 0.6) is 0 Å². The Morgan fingerprint density at radius 3 is 1.83 bits per heavy atom. The van der Waals surface area contributed by atoms with Crippen molar-refractivity contribution in [2.75, 3.05) is 0 Å². The van der Waals surface area contributed by atoms with Crippen molar-refractivity contribution in [1.82, 2.24) is 0 Å². The van der Waals surface area contributed by atoms with Gasteiger partial charge in [-0.2, -0.15) is 0 Å². The lowest BCUT2D eigenvalue weighted by molar-refractivity contribution is 0.841. The number of hydrogen-bond donors (Lipinski definition) is 0. The monoisotopic (exact) mass is 80.1 g/mol. The molecule has 0 spiro atoms. The molecular formula is C6H8. The van der Waals surface area contributed by atoms with Crippen molar-refractivity contribution in [3.63, 3.8) is 0 Å². The van der Waals surface area contributed by atoms with Gasteiger partial charge in [-0.1, -0.05) is 11.1 Å². The Labute approximate surface area is 37.9 Å². The van der Waals surface area contributed by atoms with E-state index in [0.717, 1.165) is 0 Å². The molecule has 0 heteroatoms. The summed E-state index contributed by atoms with van der Waals surface area (Å²) in [6.07, 6.45) is 5.76. The standard InChI is InChI=1S/C6H8/c1-2-5-4-6(5)3-1/h1-4H2. The number of allylic oxidation sites excluding steroid dienone is 2. The summed E-state index contributed by atoms with van der Waals surface area (Å²) >= 11 is 0. The summed E-state index contributed by atoms with van der Waals surface area (Å²) in [6, 6.07) is 0. The van der Waals surface area contributed by atoms with Gasteiger partial charge in [-0.25, -0.2) is 0 Å². The predicted molar refractivity (Wildman–Crippen MR) is 25.5 cm³/mol. The van der Waals surface area contributed by atoms with Gasteiger partial charge in [0.25, 0.3) is 0 Å². The highest BCUT2D eigenvalue weighted by Gasteiger charge is 2.25. The molecule has 0 amide bonds. The van der Waals surface area contributed by atoms with E-state index in [9.17, 15) is 0 Å². The van der Waals surface area contributed by atoms with E-state index < -0.39 is 0 Å². The molecule has 32 valence electrons. The van der Waals surface area contributed by atoms with Crippen LogP contribution < -0.4 is 0 Å². The van der Waals surface area contributed by atoms with Crippen molar-refractivity contribution >= 4 is 0 Å². The molecule has 0 bridgehead atoms. The summed E-state index contributed by atoms with van der Waals surface area (Å²) in [4.78, 5) is 0. The highest BCUT2D eigenvalue weighted by molar-refractivity contribution is 5.38. The van der Waals surface area contributed by atoms with E-state index in [1.807, 2.05) is 0 Å². The van der Waals surface area contributed by atoms with Gasteiger partial charge >= 0.3 is 0 Å². The topological polar surface area (TPSA) is 0 Å². The van der Waals surface area contributed by atoms with Crippen LogP contribution in [0.15, 0.2) is 11.1 Å². The van der Waals surface area contributed by atoms with Gasteiger partial charge in [0, 0.05) is 0 Å². The molecule has 6 heavy (non-hydrogen) atoms. The minimum Gasteiger partial charge on any atom is -0.0666 e. The number of rotatable bonds is 0. The normalized spacial score (nSPS) is 28.0. The van der Waals surface area contributed by atoms with Gasteiger partial charge in [-0.3, -0.25) is 0 Å². The average Bonchev–Trinajstić information content (AvgIpc) is 2.17. The van der Waals surface area contributed by atoms with Gasteiger partial charge in [-0.05, 0) is 25.7 Å². The third kappa shape index (κ3) is 0.204. The molecule has 0 aromatic carbocycles. The summed E-state index contributed by atoms with van der Waals surface area (Å²) in [5, 5.41) is 0. The van der Waals surface area contributed by atoms with E-state index in [-0.39, 0.29) is 0 Å². The third-order valence-corrected chi connectivity index (χ3v) is 1.76. The molecule has 0 saturated carbocycles. The van der Waals surface area contributed by atoms with Crippen molar-refractivity contribution < 1.29 is 0 Å². The maximum Gasteiger partial charge on any atom is -0.0103 e. The Balaban J connectivity index is 2.29. The van der Waals surface area contributed by atoms with E-state index in [2.05, 4.69) is 0 Å². The lowest BCUT2D eigenvalue weighted by Crippen LogP contribution is -1.66. The van der Waals surface area contributed by atoms with Crippen LogP contribution in [-0.2, 0) is 0 Å². The zero-order chi connectivity index (χ0) is 3.98. The molecule has 2 aliphatic rings. The molecule has 0 aromatic heterocycles. The minimum absolute atomic E-state index is 1.42. The Hall–Kier alpha value is -0.260. The molecule has 0 aliphatic heterocycles. The Kier molecular flexibility index (Phi) is 0.331. The van der Waals surface area contributed by atoms with Crippen molar-refractivity contribution in [1.29, 1.82) is 0 Å². The highest BCUT2D eigenvalue weighted by atomic mass is 14.3. The molecule has 0 radical (unpaired) electrons. The van der Waals surface area contributed by atoms with Crippen LogP contribution in [0.4, 0.5) is 0 Å². The highest BCUT2D eigenvalue weighted by Crippen LogP contribution is 2.44. The zero-order valence-electron chi connectivity index (χ0n) is 3.83. The van der Waals surface area contributed by atoms with Crippen LogP contribution in [0.1, 0.15) is 25.7 Å². The first-order valence-corrected chi connectivity index (χ1v) is 2.66. The molecule has 0 N–H and O–H groups in total. The summed E-state index contributed by atoms with van der Waals surface area (Å²) < 4.78 is 0. The van der Waals surface area contributed by atoms with Crippen LogP contribution in [0, 0.1) is 0 Å². The summed E-state index contributed by atoms with van der Waals surface area (Å²) in [6.45, 7) is 0. The summed E-state index contributed by atoms with van der Waals surface area (Å²) in [5.41, 5.74) is 3.57. The molecule has 0 nitrogen and oxygen atoms in total. The molecule has 0 atom stereocenters. The summed E-state index contributed by atoms with van der Waals surface area (Å²) in [5.74, 6) is 0. The lowest BCUT2D eigenvalue weighted by atomic mass is 10.2. The molecule has 0 fully saturated rings. The maximum absolute atomic E-state index is 1.79. The molecule has 0 aromatic rings. The zero-order valence-corrected chi connectivity index (χ0v) is 3.83. The molecule has 0 unspecified atom stereocenters. The fraction of sp³-hybridized carbons (Fsp3) is 0.667. The predicted octanol–water partition coefficient (Wildman–Crippen LogP) is 1.87. The fourth-order valence-electron chi connectivity index (χ4n) is 1.26. The van der Waals surface area contributed by atoms with Gasteiger partial charge in [0.15, 0.2) is 0 Å². The first-order valence-electron chi connectivity index (χ1n) is 2.66. The molecule has 0 saturated heterocycles. The van der Waals surface area contributed by atoms with E-state index in [0.29, 0.717) is 0 Å². The maximum atomic E-state index is 1.79. The first kappa shape index (κ1) is 2.84. The Morgan fingerprint density at radius 1 is 1.00 bits per heavy atom. The third-order valence-electron chi connectivity index (χ3n) is 1.76. The van der Waals surface area contributed by atoms with Crippen molar-refractivity contribution in [2.24, 2.45) is 0 Å². The Morgan fingerprint density at radius 2 is 1.67 bits per heavy atom. The van der Waals surface area contributed by atoms with Gasteiger partial charge < -0.3 is 0 Å². The lowest BCUT2D eigenvalue weighted by Gasteiger charge is -1.85. The van der Waals surface area contributed by atoms with Crippen LogP contribution in [-0.4, -0.2) is 0 Å². The van der Waals surface area contributed by atoms with Gasteiger partial charge in [-0.15, -0.1) is 0 Å². The van der Waals surface area contributed by atoms with Crippen LogP contribution in [0.2, 0.25) is 0 Å². The second kappa shape index (κ2) is 0.699. The van der Waals surface area contributed by atoms with E-state index in [1.54, 1.807) is 11.1 Å². The van der Waals surface area contributed by atoms with Crippen LogP contribution in [0.3, 0.4) is 0 Å². The molecule has 0 heterocycles. The second-order valence-electron chi connectivity index (χ2n) is 2.24. The van der Waals surface area contributed by atoms with Crippen molar-refractivity contribution in [2.45, 2.75) is 25.7 Å². The van der Waals surface area contributed by atoms with E-state index >= 15 is 0 Å². The second-order valence-corrected chi connectivity index (χ2v) is 2.24. The van der Waals surface area contributed by atoms with Gasteiger partial charge in [0.05, 0.1) is 0 Å². The molecule has 2 rings (SSSR count). The van der Waals surface area contributed by atoms with Gasteiger partial charge in [0.1, 0.15) is 0 Å². The Bertz CT molecular complexity index is 97.2. The van der Waals surface area contributed by atoms with Crippen LogP contribution >= 0.6 is 0 Å². The first-order chi connectivity index (χ1) is 2.97. The average molecular weight is 80.1 g/mol. The van der Waals surface area contributed by atoms with Crippen molar-refractivity contribution in [3.8, 4) is 0 Å². The fourth-order valence-corrected chi connectivity index (χ4v) is 1.26. The largest absolute Gasteiger partial charge is 0.0666 e. The van der Waals surface area contributed by atoms with E-state index in [1.165, 1.54) is 25.7 Å². The van der Waals surface area contributed by atoms with E-state index in [4.69, 9.17) is 0 Å². The molecule has 2 aliphatic carbocycles. The summed E-state index contributed by atoms with van der Waals surface area (Å²) in [7, 11) is 0. The smallest absolute Gasteiger partial charge is 0.0103 e. The van der Waals surface area contributed by atoms with Crippen LogP contribution in [0.25, 0.3) is 0 Å². The van der Waals surface area contributed by atoms with Gasteiger partial charge in [0.2, 0.25) is 0 Å².